The molecule has 156 valence electrons. The second kappa shape index (κ2) is 11.4. The zero-order valence-electron chi connectivity index (χ0n) is 17.0. The van der Waals surface area contributed by atoms with Crippen LogP contribution in [0.1, 0.15) is 18.4 Å². The number of hydrogen-bond donors (Lipinski definition) is 2. The number of ether oxygens (including phenoxy) is 1. The zero-order chi connectivity index (χ0) is 20.3. The molecule has 1 aromatic heterocycles. The number of aliphatic imine (C=N–C) groups is 1. The number of pyridine rings is 1. The Morgan fingerprint density at radius 2 is 2.10 bits per heavy atom. The monoisotopic (exact) mass is 399 g/mol. The number of aromatic nitrogens is 1. The lowest BCUT2D eigenvalue weighted by atomic mass is 10.2. The van der Waals surface area contributed by atoms with Crippen LogP contribution in [0.5, 0.6) is 0 Å². The molecule has 6 nitrogen and oxygen atoms in total. The Bertz CT molecular complexity index is 771. The van der Waals surface area contributed by atoms with Crippen LogP contribution in [-0.4, -0.2) is 56.9 Å². The first-order valence-electron chi connectivity index (χ1n) is 10.2. The Morgan fingerprint density at radius 1 is 1.24 bits per heavy atom. The van der Waals surface area contributed by atoms with Crippen LogP contribution < -0.4 is 15.5 Å². The second-order valence-electron chi connectivity index (χ2n) is 7.09. The van der Waals surface area contributed by atoms with Crippen LogP contribution in [0.3, 0.4) is 0 Å². The van der Waals surface area contributed by atoms with Crippen LogP contribution >= 0.6 is 0 Å². The Morgan fingerprint density at radius 3 is 2.90 bits per heavy atom. The molecule has 1 atom stereocenters. The number of halogens is 1. The number of nitrogens with one attached hydrogen (secondary N) is 2. The number of guanidine groups is 1. The van der Waals surface area contributed by atoms with Crippen molar-refractivity contribution in [3.63, 3.8) is 0 Å². The standard InChI is InChI=1S/C22H30FN5O/c1-24-22(26-13-6-15-29-16-11-18-7-3-2-4-8-18)27-19-10-14-28(17-19)21-20(23)9-5-12-25-21/h2-5,7-9,12,19H,6,10-11,13-17H2,1H3,(H2,24,26,27). The molecule has 0 radical (unpaired) electrons. The first-order valence-corrected chi connectivity index (χ1v) is 10.2. The van der Waals surface area contributed by atoms with Crippen molar-refractivity contribution in [2.24, 2.45) is 4.99 Å². The Labute approximate surface area is 172 Å². The third kappa shape index (κ3) is 6.71. The maximum atomic E-state index is 13.9. The Balaban J connectivity index is 1.29. The highest BCUT2D eigenvalue weighted by Crippen LogP contribution is 2.20. The summed E-state index contributed by atoms with van der Waals surface area (Å²) < 4.78 is 19.6. The minimum atomic E-state index is -0.275. The fourth-order valence-corrected chi connectivity index (χ4v) is 3.39. The van der Waals surface area contributed by atoms with Gasteiger partial charge in [-0.05, 0) is 37.0 Å². The number of anilines is 1. The van der Waals surface area contributed by atoms with Gasteiger partial charge in [0.2, 0.25) is 0 Å². The molecule has 1 unspecified atom stereocenters. The predicted molar refractivity (Wildman–Crippen MR) is 115 cm³/mol. The van der Waals surface area contributed by atoms with Crippen molar-refractivity contribution in [1.29, 1.82) is 0 Å². The summed E-state index contributed by atoms with van der Waals surface area (Å²) in [5, 5.41) is 6.74. The van der Waals surface area contributed by atoms with Gasteiger partial charge >= 0.3 is 0 Å². The lowest BCUT2D eigenvalue weighted by molar-refractivity contribution is 0.135. The molecule has 0 bridgehead atoms. The first-order chi connectivity index (χ1) is 14.3. The minimum absolute atomic E-state index is 0.213. The quantitative estimate of drug-likeness (QED) is 0.386. The molecular formula is C22H30FN5O. The molecule has 0 aliphatic carbocycles. The van der Waals surface area contributed by atoms with Gasteiger partial charge in [-0.15, -0.1) is 0 Å². The van der Waals surface area contributed by atoms with E-state index >= 15 is 0 Å². The summed E-state index contributed by atoms with van der Waals surface area (Å²) in [6, 6.07) is 13.6. The van der Waals surface area contributed by atoms with E-state index in [4.69, 9.17) is 4.74 Å². The van der Waals surface area contributed by atoms with Crippen molar-refractivity contribution in [3.8, 4) is 0 Å². The molecule has 2 heterocycles. The van der Waals surface area contributed by atoms with E-state index in [-0.39, 0.29) is 11.9 Å². The van der Waals surface area contributed by atoms with Gasteiger partial charge in [-0.25, -0.2) is 9.37 Å². The van der Waals surface area contributed by atoms with Crippen LogP contribution in [0.15, 0.2) is 53.7 Å². The molecule has 3 rings (SSSR count). The maximum absolute atomic E-state index is 13.9. The van der Waals surface area contributed by atoms with Crippen LogP contribution in [0.4, 0.5) is 10.2 Å². The topological polar surface area (TPSA) is 61.8 Å². The van der Waals surface area contributed by atoms with Gasteiger partial charge in [0, 0.05) is 45.5 Å². The zero-order valence-corrected chi connectivity index (χ0v) is 17.0. The molecule has 1 aliphatic heterocycles. The summed E-state index contributed by atoms with van der Waals surface area (Å²) in [7, 11) is 1.76. The lowest BCUT2D eigenvalue weighted by Crippen LogP contribution is -2.45. The van der Waals surface area contributed by atoms with Gasteiger partial charge in [0.15, 0.2) is 17.6 Å². The Kier molecular flexibility index (Phi) is 8.25. The SMILES string of the molecule is CN=C(NCCCOCCc1ccccc1)NC1CCN(c2ncccc2F)C1. The summed E-state index contributed by atoms with van der Waals surface area (Å²) in [6.07, 6.45) is 4.39. The summed E-state index contributed by atoms with van der Waals surface area (Å²) in [4.78, 5) is 10.4. The molecule has 1 aliphatic rings. The lowest BCUT2D eigenvalue weighted by Gasteiger charge is -2.20. The second-order valence-corrected chi connectivity index (χ2v) is 7.09. The number of benzene rings is 1. The average Bonchev–Trinajstić information content (AvgIpc) is 3.21. The van der Waals surface area contributed by atoms with Crippen LogP contribution in [-0.2, 0) is 11.2 Å². The van der Waals surface area contributed by atoms with Crippen molar-refractivity contribution in [2.75, 3.05) is 44.8 Å². The number of hydrogen-bond acceptors (Lipinski definition) is 4. The Hall–Kier alpha value is -2.67. The molecule has 2 aromatic rings. The molecule has 7 heteroatoms. The molecule has 29 heavy (non-hydrogen) atoms. The fraction of sp³-hybridized carbons (Fsp3) is 0.455. The van der Waals surface area contributed by atoms with Crippen molar-refractivity contribution in [1.82, 2.24) is 15.6 Å². The van der Waals surface area contributed by atoms with E-state index in [1.165, 1.54) is 11.6 Å². The average molecular weight is 400 g/mol. The highest BCUT2D eigenvalue weighted by molar-refractivity contribution is 5.80. The molecule has 0 amide bonds. The molecule has 2 N–H and O–H groups in total. The third-order valence-electron chi connectivity index (χ3n) is 4.93. The van der Waals surface area contributed by atoms with E-state index in [1.54, 1.807) is 19.3 Å². The van der Waals surface area contributed by atoms with Gasteiger partial charge in [0.25, 0.3) is 0 Å². The third-order valence-corrected chi connectivity index (χ3v) is 4.93. The molecule has 0 saturated carbocycles. The van der Waals surface area contributed by atoms with Crippen molar-refractivity contribution in [3.05, 3.63) is 60.0 Å². The van der Waals surface area contributed by atoms with E-state index in [1.807, 2.05) is 23.1 Å². The van der Waals surface area contributed by atoms with E-state index in [9.17, 15) is 4.39 Å². The normalized spacial score (nSPS) is 16.8. The van der Waals surface area contributed by atoms with E-state index in [2.05, 4.69) is 32.7 Å². The largest absolute Gasteiger partial charge is 0.381 e. The summed E-state index contributed by atoms with van der Waals surface area (Å²) >= 11 is 0. The van der Waals surface area contributed by atoms with Crippen LogP contribution in [0.2, 0.25) is 0 Å². The predicted octanol–water partition coefficient (Wildman–Crippen LogP) is 2.61. The van der Waals surface area contributed by atoms with E-state index < -0.39 is 0 Å². The van der Waals surface area contributed by atoms with Gasteiger partial charge in [0.1, 0.15) is 0 Å². The van der Waals surface area contributed by atoms with Crippen LogP contribution in [0, 0.1) is 5.82 Å². The highest BCUT2D eigenvalue weighted by Gasteiger charge is 2.25. The smallest absolute Gasteiger partial charge is 0.191 e. The maximum Gasteiger partial charge on any atom is 0.191 e. The van der Waals surface area contributed by atoms with E-state index in [0.29, 0.717) is 19.0 Å². The van der Waals surface area contributed by atoms with Gasteiger partial charge in [0.05, 0.1) is 6.61 Å². The molecular weight excluding hydrogens is 369 g/mol. The highest BCUT2D eigenvalue weighted by atomic mass is 19.1. The fourth-order valence-electron chi connectivity index (χ4n) is 3.39. The summed E-state index contributed by atoms with van der Waals surface area (Å²) in [5.41, 5.74) is 1.30. The molecule has 1 saturated heterocycles. The van der Waals surface area contributed by atoms with Crippen molar-refractivity contribution in [2.45, 2.75) is 25.3 Å². The van der Waals surface area contributed by atoms with Crippen molar-refractivity contribution >= 4 is 11.8 Å². The van der Waals surface area contributed by atoms with Gasteiger partial charge < -0.3 is 20.3 Å². The van der Waals surface area contributed by atoms with Gasteiger partial charge in [-0.2, -0.15) is 0 Å². The summed E-state index contributed by atoms with van der Waals surface area (Å²) in [5.74, 6) is 0.915. The number of rotatable bonds is 9. The van der Waals surface area contributed by atoms with Crippen LogP contribution in [0.25, 0.3) is 0 Å². The molecule has 1 fully saturated rings. The number of nitrogens with zero attached hydrogens (tertiary/aromatic N) is 3. The van der Waals surface area contributed by atoms with Gasteiger partial charge in [-0.3, -0.25) is 4.99 Å². The molecule has 0 spiro atoms. The van der Waals surface area contributed by atoms with Crippen molar-refractivity contribution < 1.29 is 9.13 Å². The minimum Gasteiger partial charge on any atom is -0.381 e. The molecule has 1 aromatic carbocycles. The van der Waals surface area contributed by atoms with E-state index in [0.717, 1.165) is 44.9 Å². The first kappa shape index (κ1) is 21.0. The van der Waals surface area contributed by atoms with Gasteiger partial charge in [-0.1, -0.05) is 30.3 Å². The summed E-state index contributed by atoms with van der Waals surface area (Å²) in [6.45, 7) is 3.72.